The number of rotatable bonds is 1. The third-order valence-electron chi connectivity index (χ3n) is 3.53. The quantitative estimate of drug-likeness (QED) is 0.695. The average molecular weight is 323 g/mol. The summed E-state index contributed by atoms with van der Waals surface area (Å²) in [6.45, 7) is 0.963. The highest BCUT2D eigenvalue weighted by molar-refractivity contribution is 7.17. The van der Waals surface area contributed by atoms with Crippen molar-refractivity contribution in [2.24, 2.45) is 0 Å². The van der Waals surface area contributed by atoms with Gasteiger partial charge < -0.3 is 0 Å². The van der Waals surface area contributed by atoms with Gasteiger partial charge in [0.2, 0.25) is 0 Å². The predicted molar refractivity (Wildman–Crippen MR) is 83.8 cm³/mol. The first-order valence-corrected chi connectivity index (χ1v) is 7.43. The fourth-order valence-corrected chi connectivity index (χ4v) is 4.08. The molecule has 1 aromatic heterocycles. The fraction of sp³-hybridized carbons (Fsp3) is 0.385. The molecule has 1 aliphatic heterocycles. The van der Waals surface area contributed by atoms with E-state index in [0.717, 1.165) is 18.0 Å². The number of hydrogen-bond donors (Lipinski definition) is 0. The molecule has 0 N–H and O–H groups in total. The van der Waals surface area contributed by atoms with Crippen LogP contribution < -0.4 is 0 Å². The largest absolute Gasteiger partial charge is 0.298 e. The third-order valence-corrected chi connectivity index (χ3v) is 5.23. The van der Waals surface area contributed by atoms with Crippen molar-refractivity contribution in [2.45, 2.75) is 19.0 Å². The van der Waals surface area contributed by atoms with Crippen LogP contribution in [0.1, 0.15) is 11.1 Å². The number of nitrogens with zero attached hydrogens (tertiary/aromatic N) is 1. The van der Waals surface area contributed by atoms with Crippen LogP contribution >= 0.6 is 46.9 Å². The summed E-state index contributed by atoms with van der Waals surface area (Å²) in [5.41, 5.74) is 2.66. The predicted octanol–water partition coefficient (Wildman–Crippen LogP) is 4.57. The van der Waals surface area contributed by atoms with E-state index < -0.39 is 0 Å². The summed E-state index contributed by atoms with van der Waals surface area (Å²) in [5.74, 6) is 0.650. The first-order chi connectivity index (χ1) is 8.20. The van der Waals surface area contributed by atoms with Gasteiger partial charge in [0.05, 0.1) is 0 Å². The normalized spacial score (nSPS) is 19.6. The molecule has 5 heteroatoms. The Hall–Kier alpha value is 0.01000. The Balaban J connectivity index is 0.00000120. The Kier molecular flexibility index (Phi) is 4.45. The van der Waals surface area contributed by atoms with Gasteiger partial charge in [-0.1, -0.05) is 11.6 Å². The first-order valence-electron chi connectivity index (χ1n) is 5.64. The molecule has 0 amide bonds. The standard InChI is InChI=1S/C13H13Cl2NS.ClH/c1-16-6-8-7-17-12-3-2-11(15)10(13(8)12)4-9(16)5-14;/h2-3,7,9H,4-6H2,1H3;1H. The van der Waals surface area contributed by atoms with Crippen molar-refractivity contribution in [1.29, 1.82) is 0 Å². The second kappa shape index (κ2) is 5.56. The van der Waals surface area contributed by atoms with E-state index in [-0.39, 0.29) is 12.4 Å². The number of alkyl halides is 1. The summed E-state index contributed by atoms with van der Waals surface area (Å²) in [6, 6.07) is 4.50. The van der Waals surface area contributed by atoms with Gasteiger partial charge in [0, 0.05) is 33.6 Å². The molecule has 1 aromatic carbocycles. The molecule has 0 fully saturated rings. The van der Waals surface area contributed by atoms with Crippen LogP contribution in [0.3, 0.4) is 0 Å². The van der Waals surface area contributed by atoms with Gasteiger partial charge in [-0.2, -0.15) is 0 Å². The van der Waals surface area contributed by atoms with E-state index in [1.807, 2.05) is 6.07 Å². The maximum atomic E-state index is 6.35. The monoisotopic (exact) mass is 321 g/mol. The summed E-state index contributed by atoms with van der Waals surface area (Å²) in [4.78, 5) is 2.32. The smallest absolute Gasteiger partial charge is 0.0445 e. The van der Waals surface area contributed by atoms with Crippen LogP contribution in [0.25, 0.3) is 10.1 Å². The molecular formula is C13H14Cl3NS. The van der Waals surface area contributed by atoms with Crippen LogP contribution in [-0.4, -0.2) is 23.9 Å². The van der Waals surface area contributed by atoms with Gasteiger partial charge >= 0.3 is 0 Å². The van der Waals surface area contributed by atoms with Crippen molar-refractivity contribution in [1.82, 2.24) is 4.90 Å². The number of benzene rings is 1. The van der Waals surface area contributed by atoms with Gasteiger partial charge in [0.1, 0.15) is 0 Å². The first kappa shape index (κ1) is 14.4. The molecule has 1 nitrogen and oxygen atoms in total. The van der Waals surface area contributed by atoms with E-state index in [1.54, 1.807) is 11.3 Å². The molecule has 0 spiro atoms. The summed E-state index contributed by atoms with van der Waals surface area (Å²) in [5, 5.41) is 4.49. The molecule has 0 aliphatic carbocycles. The van der Waals surface area contributed by atoms with Crippen molar-refractivity contribution in [2.75, 3.05) is 12.9 Å². The Morgan fingerprint density at radius 3 is 2.94 bits per heavy atom. The molecule has 98 valence electrons. The maximum absolute atomic E-state index is 6.35. The molecular weight excluding hydrogens is 309 g/mol. The lowest BCUT2D eigenvalue weighted by atomic mass is 10.0. The molecule has 1 atom stereocenters. The zero-order valence-corrected chi connectivity index (χ0v) is 13.1. The van der Waals surface area contributed by atoms with Crippen LogP contribution in [0, 0.1) is 0 Å². The SMILES string of the molecule is CN1Cc2csc3ccc(Cl)c(c23)CC1CCl.Cl. The summed E-state index contributed by atoms with van der Waals surface area (Å²) < 4.78 is 1.34. The Morgan fingerprint density at radius 1 is 1.44 bits per heavy atom. The minimum atomic E-state index is 0. The molecule has 0 bridgehead atoms. The van der Waals surface area contributed by atoms with Crippen LogP contribution in [0.15, 0.2) is 17.5 Å². The van der Waals surface area contributed by atoms with E-state index >= 15 is 0 Å². The molecule has 2 aromatic rings. The van der Waals surface area contributed by atoms with E-state index in [2.05, 4.69) is 23.4 Å². The molecule has 18 heavy (non-hydrogen) atoms. The zero-order chi connectivity index (χ0) is 12.0. The summed E-state index contributed by atoms with van der Waals surface area (Å²) in [6.07, 6.45) is 0.944. The highest BCUT2D eigenvalue weighted by Crippen LogP contribution is 2.37. The second-order valence-corrected chi connectivity index (χ2v) is 6.21. The lowest BCUT2D eigenvalue weighted by Gasteiger charge is -2.23. The zero-order valence-electron chi connectivity index (χ0n) is 9.95. The number of halogens is 3. The van der Waals surface area contributed by atoms with Crippen molar-refractivity contribution in [3.05, 3.63) is 33.7 Å². The molecule has 3 rings (SSSR count). The molecule has 1 aliphatic rings. The molecule has 0 radical (unpaired) electrons. The number of likely N-dealkylation sites (N-methyl/N-ethyl adjacent to an activating group) is 1. The van der Waals surface area contributed by atoms with Crippen LogP contribution in [-0.2, 0) is 13.0 Å². The Bertz CT molecular complexity index is 567. The molecule has 0 saturated heterocycles. The summed E-state index contributed by atoms with van der Waals surface area (Å²) >= 11 is 14.2. The van der Waals surface area contributed by atoms with Gasteiger partial charge in [0.15, 0.2) is 0 Å². The van der Waals surface area contributed by atoms with Crippen molar-refractivity contribution < 1.29 is 0 Å². The lowest BCUT2D eigenvalue weighted by molar-refractivity contribution is 0.256. The number of thiophene rings is 1. The fourth-order valence-electron chi connectivity index (χ4n) is 2.52. The van der Waals surface area contributed by atoms with E-state index in [0.29, 0.717) is 11.9 Å². The average Bonchev–Trinajstić information content (AvgIpc) is 2.64. The van der Waals surface area contributed by atoms with E-state index in [4.69, 9.17) is 23.2 Å². The van der Waals surface area contributed by atoms with Gasteiger partial charge in [0.25, 0.3) is 0 Å². The maximum Gasteiger partial charge on any atom is 0.0445 e. The lowest BCUT2D eigenvalue weighted by Crippen LogP contribution is -2.33. The summed E-state index contributed by atoms with van der Waals surface area (Å²) in [7, 11) is 2.14. The Labute approximate surface area is 127 Å². The highest BCUT2D eigenvalue weighted by Gasteiger charge is 2.24. The third kappa shape index (κ3) is 2.25. The topological polar surface area (TPSA) is 3.24 Å². The van der Waals surface area contributed by atoms with Gasteiger partial charge in [-0.05, 0) is 42.1 Å². The van der Waals surface area contributed by atoms with Crippen LogP contribution in [0.5, 0.6) is 0 Å². The van der Waals surface area contributed by atoms with Gasteiger partial charge in [-0.3, -0.25) is 4.90 Å². The minimum absolute atomic E-state index is 0. The Morgan fingerprint density at radius 2 is 2.22 bits per heavy atom. The molecule has 0 saturated carbocycles. The van der Waals surface area contributed by atoms with Crippen molar-refractivity contribution in [3.63, 3.8) is 0 Å². The second-order valence-electron chi connectivity index (χ2n) is 4.59. The van der Waals surface area contributed by atoms with E-state index in [9.17, 15) is 0 Å². The minimum Gasteiger partial charge on any atom is -0.298 e. The van der Waals surface area contributed by atoms with Crippen molar-refractivity contribution in [3.8, 4) is 0 Å². The molecule has 1 unspecified atom stereocenters. The number of hydrogen-bond acceptors (Lipinski definition) is 2. The molecule has 2 heterocycles. The van der Waals surface area contributed by atoms with Crippen LogP contribution in [0.2, 0.25) is 5.02 Å². The van der Waals surface area contributed by atoms with Crippen molar-refractivity contribution >= 4 is 57.0 Å². The van der Waals surface area contributed by atoms with Crippen LogP contribution in [0.4, 0.5) is 0 Å². The highest BCUT2D eigenvalue weighted by atomic mass is 35.5. The van der Waals surface area contributed by atoms with Gasteiger partial charge in [-0.15, -0.1) is 35.3 Å². The van der Waals surface area contributed by atoms with Gasteiger partial charge in [-0.25, -0.2) is 0 Å². The van der Waals surface area contributed by atoms with E-state index in [1.165, 1.54) is 21.2 Å².